The first kappa shape index (κ1) is 15.8. The molecule has 0 saturated heterocycles. The molecule has 21 heavy (non-hydrogen) atoms. The van der Waals surface area contributed by atoms with Crippen LogP contribution in [0.3, 0.4) is 0 Å². The Balaban J connectivity index is 2.04. The molecular formula is C15H16ClNO3S. The van der Waals surface area contributed by atoms with E-state index >= 15 is 0 Å². The van der Waals surface area contributed by atoms with Crippen molar-refractivity contribution in [3.63, 3.8) is 0 Å². The highest BCUT2D eigenvalue weighted by atomic mass is 35.5. The Labute approximate surface area is 132 Å². The molecule has 1 heterocycles. The first-order valence-corrected chi connectivity index (χ1v) is 7.67. The number of esters is 1. The normalized spacial score (nSPS) is 12.1. The van der Waals surface area contributed by atoms with Gasteiger partial charge in [0.1, 0.15) is 5.75 Å². The smallest absolute Gasteiger partial charge is 0.307 e. The van der Waals surface area contributed by atoms with Crippen LogP contribution in [0.25, 0.3) is 0 Å². The van der Waals surface area contributed by atoms with Gasteiger partial charge in [0.25, 0.3) is 0 Å². The molecule has 1 aromatic carbocycles. The molecule has 2 aromatic rings. The quantitative estimate of drug-likeness (QED) is 0.798. The number of carbonyl (C=O) groups is 1. The van der Waals surface area contributed by atoms with Gasteiger partial charge in [-0.05, 0) is 29.1 Å². The largest absolute Gasteiger partial charge is 0.506 e. The summed E-state index contributed by atoms with van der Waals surface area (Å²) in [6.45, 7) is 0.541. The Morgan fingerprint density at radius 1 is 1.48 bits per heavy atom. The number of carbonyl (C=O) groups excluding carboxylic acids is 1. The van der Waals surface area contributed by atoms with E-state index in [1.807, 2.05) is 17.5 Å². The average Bonchev–Trinajstić information content (AvgIpc) is 3.00. The van der Waals surface area contributed by atoms with Crippen molar-refractivity contribution in [3.05, 3.63) is 51.2 Å². The zero-order valence-corrected chi connectivity index (χ0v) is 13.1. The van der Waals surface area contributed by atoms with Crippen LogP contribution in [0.5, 0.6) is 5.75 Å². The number of halogens is 1. The zero-order valence-electron chi connectivity index (χ0n) is 11.5. The summed E-state index contributed by atoms with van der Waals surface area (Å²) in [6, 6.07) is 8.87. The number of benzene rings is 1. The molecule has 0 radical (unpaired) electrons. The van der Waals surface area contributed by atoms with Crippen molar-refractivity contribution in [3.8, 4) is 5.75 Å². The van der Waals surface area contributed by atoms with E-state index in [2.05, 4.69) is 5.32 Å². The minimum atomic E-state index is -0.260. The lowest BCUT2D eigenvalue weighted by molar-refractivity contribution is -0.141. The third kappa shape index (κ3) is 4.46. The number of aromatic hydroxyl groups is 1. The van der Waals surface area contributed by atoms with Crippen molar-refractivity contribution in [2.24, 2.45) is 0 Å². The Morgan fingerprint density at radius 3 is 2.90 bits per heavy atom. The lowest BCUT2D eigenvalue weighted by Crippen LogP contribution is -2.23. The van der Waals surface area contributed by atoms with Gasteiger partial charge in [-0.1, -0.05) is 23.7 Å². The maximum absolute atomic E-state index is 11.5. The molecule has 0 saturated carbocycles. The molecule has 4 nitrogen and oxygen atoms in total. The predicted octanol–water partition coefficient (Wildman–Crippen LogP) is 3.50. The molecule has 1 unspecified atom stereocenters. The standard InChI is InChI=1S/C15H16ClNO3S/c1-20-15(19)8-12(14-3-2-6-21-14)17-9-10-4-5-13(18)11(16)7-10/h2-7,12,17-18H,8-9H2,1H3. The van der Waals surface area contributed by atoms with Gasteiger partial charge in [0, 0.05) is 11.4 Å². The van der Waals surface area contributed by atoms with E-state index in [1.54, 1.807) is 29.5 Å². The van der Waals surface area contributed by atoms with Crippen molar-refractivity contribution in [2.75, 3.05) is 7.11 Å². The van der Waals surface area contributed by atoms with E-state index in [0.29, 0.717) is 11.6 Å². The molecule has 0 aliphatic rings. The molecule has 6 heteroatoms. The highest BCUT2D eigenvalue weighted by Crippen LogP contribution is 2.25. The third-order valence-corrected chi connectivity index (χ3v) is 4.34. The van der Waals surface area contributed by atoms with Gasteiger partial charge >= 0.3 is 5.97 Å². The van der Waals surface area contributed by atoms with Crippen LogP contribution in [-0.2, 0) is 16.1 Å². The summed E-state index contributed by atoms with van der Waals surface area (Å²) in [5, 5.41) is 15.0. The van der Waals surface area contributed by atoms with Gasteiger partial charge in [-0.25, -0.2) is 0 Å². The van der Waals surface area contributed by atoms with Crippen LogP contribution in [0.2, 0.25) is 5.02 Å². The van der Waals surface area contributed by atoms with E-state index in [1.165, 1.54) is 7.11 Å². The number of rotatable bonds is 6. The van der Waals surface area contributed by atoms with Crippen molar-refractivity contribution in [1.29, 1.82) is 0 Å². The molecule has 1 atom stereocenters. The van der Waals surface area contributed by atoms with Crippen LogP contribution < -0.4 is 5.32 Å². The van der Waals surface area contributed by atoms with E-state index < -0.39 is 0 Å². The number of ether oxygens (including phenoxy) is 1. The van der Waals surface area contributed by atoms with Crippen molar-refractivity contribution < 1.29 is 14.6 Å². The summed E-state index contributed by atoms with van der Waals surface area (Å²) in [5.41, 5.74) is 0.934. The number of thiophene rings is 1. The average molecular weight is 326 g/mol. The van der Waals surface area contributed by atoms with Crippen LogP contribution in [0.4, 0.5) is 0 Å². The molecule has 112 valence electrons. The van der Waals surface area contributed by atoms with Crippen molar-refractivity contribution >= 4 is 28.9 Å². The first-order valence-electron chi connectivity index (χ1n) is 6.41. The Bertz CT molecular complexity index is 601. The summed E-state index contributed by atoms with van der Waals surface area (Å²) in [5.74, 6) is -0.200. The number of methoxy groups -OCH3 is 1. The molecule has 0 fully saturated rings. The summed E-state index contributed by atoms with van der Waals surface area (Å²) in [7, 11) is 1.38. The van der Waals surface area contributed by atoms with Gasteiger partial charge in [-0.2, -0.15) is 0 Å². The molecule has 0 bridgehead atoms. The third-order valence-electron chi connectivity index (χ3n) is 3.05. The second kappa shape index (κ2) is 7.45. The van der Waals surface area contributed by atoms with Crippen LogP contribution >= 0.6 is 22.9 Å². The fourth-order valence-corrected chi connectivity index (χ4v) is 2.92. The van der Waals surface area contributed by atoms with Gasteiger partial charge in [-0.15, -0.1) is 11.3 Å². The maximum Gasteiger partial charge on any atom is 0.307 e. The fourth-order valence-electron chi connectivity index (χ4n) is 1.91. The molecule has 0 amide bonds. The molecule has 2 N–H and O–H groups in total. The van der Waals surface area contributed by atoms with E-state index in [-0.39, 0.29) is 24.2 Å². The monoisotopic (exact) mass is 325 g/mol. The summed E-state index contributed by atoms with van der Waals surface area (Å²) in [6.07, 6.45) is 0.267. The predicted molar refractivity (Wildman–Crippen MR) is 83.6 cm³/mol. The molecule has 1 aromatic heterocycles. The van der Waals surface area contributed by atoms with Crippen molar-refractivity contribution in [1.82, 2.24) is 5.32 Å². The van der Waals surface area contributed by atoms with Crippen LogP contribution in [0.15, 0.2) is 35.7 Å². The summed E-state index contributed by atoms with van der Waals surface area (Å²) < 4.78 is 4.74. The molecular weight excluding hydrogens is 310 g/mol. The lowest BCUT2D eigenvalue weighted by atomic mass is 10.1. The van der Waals surface area contributed by atoms with Gasteiger partial charge in [0.15, 0.2) is 0 Å². The number of phenolic OH excluding ortho intramolecular Hbond substituents is 1. The SMILES string of the molecule is COC(=O)CC(NCc1ccc(O)c(Cl)c1)c1cccs1. The minimum Gasteiger partial charge on any atom is -0.506 e. The zero-order chi connectivity index (χ0) is 15.2. The molecule has 0 aliphatic carbocycles. The van der Waals surface area contributed by atoms with Crippen LogP contribution in [0, 0.1) is 0 Å². The Morgan fingerprint density at radius 2 is 2.29 bits per heavy atom. The summed E-state index contributed by atoms with van der Waals surface area (Å²) in [4.78, 5) is 12.6. The number of phenols is 1. The fraction of sp³-hybridized carbons (Fsp3) is 0.267. The van der Waals surface area contributed by atoms with E-state index in [4.69, 9.17) is 16.3 Å². The molecule has 0 spiro atoms. The topological polar surface area (TPSA) is 58.6 Å². The van der Waals surface area contributed by atoms with Crippen molar-refractivity contribution in [2.45, 2.75) is 19.0 Å². The summed E-state index contributed by atoms with van der Waals surface area (Å²) >= 11 is 7.47. The number of nitrogens with one attached hydrogen (secondary N) is 1. The maximum atomic E-state index is 11.5. The second-order valence-electron chi connectivity index (χ2n) is 4.51. The van der Waals surface area contributed by atoms with Crippen LogP contribution in [-0.4, -0.2) is 18.2 Å². The van der Waals surface area contributed by atoms with Gasteiger partial charge in [-0.3, -0.25) is 4.79 Å². The first-order chi connectivity index (χ1) is 10.1. The Kier molecular flexibility index (Phi) is 5.61. The number of hydrogen-bond donors (Lipinski definition) is 2. The second-order valence-corrected chi connectivity index (χ2v) is 5.90. The van der Waals surface area contributed by atoms with Crippen LogP contribution in [0.1, 0.15) is 22.9 Å². The number of hydrogen-bond acceptors (Lipinski definition) is 5. The highest BCUT2D eigenvalue weighted by molar-refractivity contribution is 7.10. The molecule has 0 aliphatic heterocycles. The van der Waals surface area contributed by atoms with Gasteiger partial charge in [0.05, 0.1) is 24.6 Å². The highest BCUT2D eigenvalue weighted by Gasteiger charge is 2.17. The van der Waals surface area contributed by atoms with Gasteiger partial charge < -0.3 is 15.2 Å². The Hall–Kier alpha value is -1.56. The minimum absolute atomic E-state index is 0.0600. The molecule has 2 rings (SSSR count). The van der Waals surface area contributed by atoms with E-state index in [9.17, 15) is 9.90 Å². The van der Waals surface area contributed by atoms with Gasteiger partial charge in [0.2, 0.25) is 0 Å². The lowest BCUT2D eigenvalue weighted by Gasteiger charge is -2.16. The van der Waals surface area contributed by atoms with E-state index in [0.717, 1.165) is 10.4 Å².